The molecule has 0 aliphatic rings. The minimum absolute atomic E-state index is 0.0365. The van der Waals surface area contributed by atoms with Crippen molar-refractivity contribution < 1.29 is 14.6 Å². The van der Waals surface area contributed by atoms with Gasteiger partial charge in [0.15, 0.2) is 6.61 Å². The van der Waals surface area contributed by atoms with Crippen molar-refractivity contribution >= 4 is 17.5 Å². The van der Waals surface area contributed by atoms with E-state index in [0.29, 0.717) is 17.3 Å². The van der Waals surface area contributed by atoms with E-state index in [1.54, 1.807) is 36.2 Å². The fourth-order valence-corrected chi connectivity index (χ4v) is 1.85. The van der Waals surface area contributed by atoms with Gasteiger partial charge in [-0.3, -0.25) is 4.79 Å². The molecule has 112 valence electrons. The van der Waals surface area contributed by atoms with Crippen LogP contribution in [0.2, 0.25) is 5.02 Å². The van der Waals surface area contributed by atoms with Gasteiger partial charge in [-0.1, -0.05) is 24.4 Å². The Morgan fingerprint density at radius 1 is 1.20 bits per heavy atom. The van der Waals surface area contributed by atoms with Gasteiger partial charge in [0.2, 0.25) is 0 Å². The predicted octanol–water partition coefficient (Wildman–Crippen LogP) is 2.73. The van der Waals surface area contributed by atoms with E-state index in [-0.39, 0.29) is 19.1 Å². The van der Waals surface area contributed by atoms with Crippen LogP contribution in [0.15, 0.2) is 24.3 Å². The van der Waals surface area contributed by atoms with Crippen LogP contribution in [0.4, 0.5) is 0 Å². The van der Waals surface area contributed by atoms with Crippen LogP contribution in [0.5, 0.6) is 5.75 Å². The summed E-state index contributed by atoms with van der Waals surface area (Å²) in [5.74, 6) is 0.598. The van der Waals surface area contributed by atoms with E-state index >= 15 is 0 Å². The number of hydrogen-bond acceptors (Lipinski definition) is 3. The fraction of sp³-hybridized carbons (Fsp3) is 0.533. The summed E-state index contributed by atoms with van der Waals surface area (Å²) < 4.78 is 5.41. The minimum atomic E-state index is -0.0397. The molecule has 0 spiro atoms. The maximum Gasteiger partial charge on any atom is 0.260 e. The molecule has 0 atom stereocenters. The first-order valence-electron chi connectivity index (χ1n) is 6.86. The number of nitrogens with zero attached hydrogens (tertiary/aromatic N) is 1. The molecule has 0 saturated carbocycles. The number of benzene rings is 1. The summed E-state index contributed by atoms with van der Waals surface area (Å²) >= 11 is 5.77. The van der Waals surface area contributed by atoms with Gasteiger partial charge < -0.3 is 14.7 Å². The Morgan fingerprint density at radius 3 is 2.50 bits per heavy atom. The molecule has 0 aliphatic heterocycles. The molecule has 1 aromatic rings. The Balaban J connectivity index is 2.19. The second-order valence-electron chi connectivity index (χ2n) is 4.70. The number of hydrogen-bond donors (Lipinski definition) is 1. The topological polar surface area (TPSA) is 49.8 Å². The molecule has 4 nitrogen and oxygen atoms in total. The number of halogens is 1. The maximum absolute atomic E-state index is 11.8. The number of amides is 1. The van der Waals surface area contributed by atoms with Crippen molar-refractivity contribution in [1.82, 2.24) is 4.90 Å². The van der Waals surface area contributed by atoms with E-state index in [0.717, 1.165) is 25.7 Å². The third kappa shape index (κ3) is 6.78. The lowest BCUT2D eigenvalue weighted by molar-refractivity contribution is -0.132. The molecule has 0 fully saturated rings. The van der Waals surface area contributed by atoms with Gasteiger partial charge in [0.05, 0.1) is 0 Å². The van der Waals surface area contributed by atoms with E-state index in [1.807, 2.05) is 0 Å². The van der Waals surface area contributed by atoms with Crippen molar-refractivity contribution in [1.29, 1.82) is 0 Å². The second kappa shape index (κ2) is 9.61. The SMILES string of the molecule is CN(CCCCCCO)C(=O)COc1ccc(Cl)cc1. The second-order valence-corrected chi connectivity index (χ2v) is 5.13. The van der Waals surface area contributed by atoms with E-state index in [4.69, 9.17) is 21.4 Å². The van der Waals surface area contributed by atoms with Crippen LogP contribution < -0.4 is 4.74 Å². The van der Waals surface area contributed by atoms with Gasteiger partial charge in [0, 0.05) is 25.2 Å². The van der Waals surface area contributed by atoms with Crippen LogP contribution in [0.3, 0.4) is 0 Å². The number of rotatable bonds is 9. The molecule has 1 amide bonds. The average Bonchev–Trinajstić information content (AvgIpc) is 2.46. The van der Waals surface area contributed by atoms with Crippen molar-refractivity contribution in [3.05, 3.63) is 29.3 Å². The molecule has 1 aromatic carbocycles. The normalized spacial score (nSPS) is 10.3. The van der Waals surface area contributed by atoms with Gasteiger partial charge in [-0.15, -0.1) is 0 Å². The molecule has 0 saturated heterocycles. The highest BCUT2D eigenvalue weighted by Gasteiger charge is 2.09. The van der Waals surface area contributed by atoms with Crippen molar-refractivity contribution in [2.24, 2.45) is 0 Å². The van der Waals surface area contributed by atoms with Gasteiger partial charge >= 0.3 is 0 Å². The molecule has 0 bridgehead atoms. The highest BCUT2D eigenvalue weighted by molar-refractivity contribution is 6.30. The summed E-state index contributed by atoms with van der Waals surface area (Å²) in [4.78, 5) is 13.5. The third-order valence-electron chi connectivity index (χ3n) is 3.00. The van der Waals surface area contributed by atoms with Crippen molar-refractivity contribution in [2.45, 2.75) is 25.7 Å². The minimum Gasteiger partial charge on any atom is -0.484 e. The summed E-state index contributed by atoms with van der Waals surface area (Å²) in [6.07, 6.45) is 3.80. The molecular weight excluding hydrogens is 278 g/mol. The van der Waals surface area contributed by atoms with Crippen LogP contribution in [0.25, 0.3) is 0 Å². The number of aliphatic hydroxyl groups excluding tert-OH is 1. The zero-order chi connectivity index (χ0) is 14.8. The van der Waals surface area contributed by atoms with Gasteiger partial charge in [-0.2, -0.15) is 0 Å². The van der Waals surface area contributed by atoms with E-state index in [9.17, 15) is 4.79 Å². The summed E-state index contributed by atoms with van der Waals surface area (Å²) in [5, 5.41) is 9.31. The molecule has 0 radical (unpaired) electrons. The third-order valence-corrected chi connectivity index (χ3v) is 3.26. The highest BCUT2D eigenvalue weighted by Crippen LogP contribution is 2.15. The lowest BCUT2D eigenvalue weighted by atomic mass is 10.2. The van der Waals surface area contributed by atoms with Gasteiger partial charge in [0.1, 0.15) is 5.75 Å². The first kappa shape index (κ1) is 16.8. The molecule has 0 heterocycles. The van der Waals surface area contributed by atoms with Gasteiger partial charge in [-0.25, -0.2) is 0 Å². The lowest BCUT2D eigenvalue weighted by Crippen LogP contribution is -2.32. The smallest absolute Gasteiger partial charge is 0.260 e. The number of likely N-dealkylation sites (N-methyl/N-ethyl adjacent to an activating group) is 1. The number of carbonyl (C=O) groups excluding carboxylic acids is 1. The van der Waals surface area contributed by atoms with Crippen molar-refractivity contribution in [3.8, 4) is 5.75 Å². The standard InChI is InChI=1S/C15H22ClNO3/c1-17(10-4-2-3-5-11-18)15(19)12-20-14-8-6-13(16)7-9-14/h6-9,18H,2-5,10-12H2,1H3. The molecule has 0 aliphatic carbocycles. The van der Waals surface area contributed by atoms with E-state index < -0.39 is 0 Å². The molecule has 0 aromatic heterocycles. The van der Waals surface area contributed by atoms with Gasteiger partial charge in [-0.05, 0) is 37.1 Å². The number of ether oxygens (including phenoxy) is 1. The zero-order valence-electron chi connectivity index (χ0n) is 11.8. The fourth-order valence-electron chi connectivity index (χ4n) is 1.73. The molecule has 0 unspecified atom stereocenters. The Bertz CT molecular complexity index is 395. The summed E-state index contributed by atoms with van der Waals surface area (Å²) in [6, 6.07) is 6.94. The molecule has 20 heavy (non-hydrogen) atoms. The van der Waals surface area contributed by atoms with Crippen LogP contribution in [-0.2, 0) is 4.79 Å². The lowest BCUT2D eigenvalue weighted by Gasteiger charge is -2.17. The number of carbonyl (C=O) groups is 1. The molecule has 1 N–H and O–H groups in total. The van der Waals surface area contributed by atoms with Crippen LogP contribution in [-0.4, -0.2) is 42.7 Å². The van der Waals surface area contributed by atoms with E-state index in [1.165, 1.54) is 0 Å². The quantitative estimate of drug-likeness (QED) is 0.713. The zero-order valence-corrected chi connectivity index (χ0v) is 12.6. The van der Waals surface area contributed by atoms with Crippen molar-refractivity contribution in [2.75, 3.05) is 26.8 Å². The summed E-state index contributed by atoms with van der Waals surface area (Å²) in [7, 11) is 1.78. The Labute approximate surface area is 125 Å². The largest absolute Gasteiger partial charge is 0.484 e. The van der Waals surface area contributed by atoms with Crippen LogP contribution in [0.1, 0.15) is 25.7 Å². The van der Waals surface area contributed by atoms with Crippen LogP contribution in [0, 0.1) is 0 Å². The molecule has 5 heteroatoms. The number of unbranched alkanes of at least 4 members (excludes halogenated alkanes) is 3. The Kier molecular flexibility index (Phi) is 8.07. The van der Waals surface area contributed by atoms with E-state index in [2.05, 4.69) is 0 Å². The summed E-state index contributed by atoms with van der Waals surface area (Å²) in [5.41, 5.74) is 0. The van der Waals surface area contributed by atoms with Crippen molar-refractivity contribution in [3.63, 3.8) is 0 Å². The predicted molar refractivity (Wildman–Crippen MR) is 80.1 cm³/mol. The Hall–Kier alpha value is -1.26. The first-order chi connectivity index (χ1) is 9.63. The van der Waals surface area contributed by atoms with Gasteiger partial charge in [0.25, 0.3) is 5.91 Å². The first-order valence-corrected chi connectivity index (χ1v) is 7.24. The monoisotopic (exact) mass is 299 g/mol. The van der Waals surface area contributed by atoms with Crippen LogP contribution >= 0.6 is 11.6 Å². The Morgan fingerprint density at radius 2 is 1.85 bits per heavy atom. The molecule has 1 rings (SSSR count). The average molecular weight is 300 g/mol. The maximum atomic E-state index is 11.8. The highest BCUT2D eigenvalue weighted by atomic mass is 35.5. The summed E-state index contributed by atoms with van der Waals surface area (Å²) in [6.45, 7) is 0.993. The number of aliphatic hydroxyl groups is 1. The molecular formula is C15H22ClNO3.